The topological polar surface area (TPSA) is 50.4 Å². The van der Waals surface area contributed by atoms with Crippen LogP contribution in [0.1, 0.15) is 24.1 Å². The Bertz CT molecular complexity index is 660. The number of anilines is 1. The standard InChI is InChI=1S/C17H18F2N2O2/c1-11-6-8-14(9-7-11)21-17(22)20-12(2)13-4-3-5-15(10-13)23-16(18)19/h3-10,12,16H,1-2H3,(H2,20,21,22). The van der Waals surface area contributed by atoms with Crippen molar-refractivity contribution in [2.45, 2.75) is 26.5 Å². The second-order valence-corrected chi connectivity index (χ2v) is 5.14. The molecule has 0 fully saturated rings. The summed E-state index contributed by atoms with van der Waals surface area (Å²) in [5, 5.41) is 5.46. The molecule has 2 rings (SSSR count). The predicted molar refractivity (Wildman–Crippen MR) is 84.8 cm³/mol. The Morgan fingerprint density at radius 2 is 1.83 bits per heavy atom. The zero-order valence-electron chi connectivity index (χ0n) is 12.8. The molecule has 0 radical (unpaired) electrons. The fourth-order valence-corrected chi connectivity index (χ4v) is 2.04. The van der Waals surface area contributed by atoms with Gasteiger partial charge in [0.15, 0.2) is 0 Å². The van der Waals surface area contributed by atoms with Gasteiger partial charge in [0.05, 0.1) is 6.04 Å². The van der Waals surface area contributed by atoms with E-state index in [0.717, 1.165) is 5.56 Å². The summed E-state index contributed by atoms with van der Waals surface area (Å²) < 4.78 is 28.8. The first-order valence-electron chi connectivity index (χ1n) is 7.13. The molecule has 122 valence electrons. The number of alkyl halides is 2. The van der Waals surface area contributed by atoms with E-state index in [2.05, 4.69) is 15.4 Å². The van der Waals surface area contributed by atoms with Gasteiger partial charge >= 0.3 is 12.6 Å². The summed E-state index contributed by atoms with van der Waals surface area (Å²) in [6, 6.07) is 12.9. The van der Waals surface area contributed by atoms with Crippen LogP contribution in [-0.4, -0.2) is 12.6 Å². The van der Waals surface area contributed by atoms with Gasteiger partial charge in [0, 0.05) is 5.69 Å². The normalized spacial score (nSPS) is 11.9. The van der Waals surface area contributed by atoms with E-state index in [9.17, 15) is 13.6 Å². The third-order valence-corrected chi connectivity index (χ3v) is 3.24. The van der Waals surface area contributed by atoms with Crippen molar-refractivity contribution in [3.8, 4) is 5.75 Å². The van der Waals surface area contributed by atoms with Crippen molar-refractivity contribution in [2.24, 2.45) is 0 Å². The van der Waals surface area contributed by atoms with Crippen LogP contribution in [0.4, 0.5) is 19.3 Å². The molecule has 2 N–H and O–H groups in total. The van der Waals surface area contributed by atoms with E-state index in [4.69, 9.17) is 0 Å². The van der Waals surface area contributed by atoms with Crippen LogP contribution in [0.3, 0.4) is 0 Å². The van der Waals surface area contributed by atoms with Gasteiger partial charge < -0.3 is 15.4 Å². The molecule has 1 atom stereocenters. The van der Waals surface area contributed by atoms with Crippen molar-refractivity contribution >= 4 is 11.7 Å². The molecule has 0 spiro atoms. The molecule has 1 unspecified atom stereocenters. The monoisotopic (exact) mass is 320 g/mol. The Balaban J connectivity index is 1.96. The van der Waals surface area contributed by atoms with Crippen LogP contribution in [0, 0.1) is 6.92 Å². The SMILES string of the molecule is Cc1ccc(NC(=O)NC(C)c2cccc(OC(F)F)c2)cc1. The number of hydrogen-bond donors (Lipinski definition) is 2. The Kier molecular flexibility index (Phi) is 5.51. The molecule has 23 heavy (non-hydrogen) atoms. The van der Waals surface area contributed by atoms with Gasteiger partial charge in [0.25, 0.3) is 0 Å². The van der Waals surface area contributed by atoms with Crippen molar-refractivity contribution in [2.75, 3.05) is 5.32 Å². The molecule has 4 nitrogen and oxygen atoms in total. The van der Waals surface area contributed by atoms with E-state index in [1.165, 1.54) is 12.1 Å². The number of carbonyl (C=O) groups excluding carboxylic acids is 1. The number of urea groups is 1. The molecule has 0 saturated carbocycles. The number of aryl methyl sites for hydroxylation is 1. The number of rotatable bonds is 5. The van der Waals surface area contributed by atoms with E-state index in [-0.39, 0.29) is 17.8 Å². The summed E-state index contributed by atoms with van der Waals surface area (Å²) in [7, 11) is 0. The van der Waals surface area contributed by atoms with E-state index in [1.54, 1.807) is 31.2 Å². The molecule has 0 bridgehead atoms. The number of ether oxygens (including phenoxy) is 1. The number of carbonyl (C=O) groups is 1. The third kappa shape index (κ3) is 5.25. The van der Waals surface area contributed by atoms with Crippen LogP contribution in [-0.2, 0) is 0 Å². The Hall–Kier alpha value is -2.63. The van der Waals surface area contributed by atoms with E-state index >= 15 is 0 Å². The minimum atomic E-state index is -2.88. The highest BCUT2D eigenvalue weighted by Gasteiger charge is 2.11. The quantitative estimate of drug-likeness (QED) is 0.853. The largest absolute Gasteiger partial charge is 0.435 e. The predicted octanol–water partition coefficient (Wildman–Crippen LogP) is 4.48. The first-order chi connectivity index (χ1) is 10.9. The molecule has 0 aliphatic heterocycles. The molecule has 0 aliphatic rings. The Morgan fingerprint density at radius 3 is 2.48 bits per heavy atom. The summed E-state index contributed by atoms with van der Waals surface area (Å²) in [5.41, 5.74) is 2.44. The van der Waals surface area contributed by atoms with Crippen molar-refractivity contribution in [3.05, 3.63) is 59.7 Å². The number of amides is 2. The van der Waals surface area contributed by atoms with Gasteiger partial charge in [-0.25, -0.2) is 4.79 Å². The van der Waals surface area contributed by atoms with Gasteiger partial charge in [-0.15, -0.1) is 0 Å². The maximum absolute atomic E-state index is 12.2. The Morgan fingerprint density at radius 1 is 1.13 bits per heavy atom. The van der Waals surface area contributed by atoms with Crippen molar-refractivity contribution < 1.29 is 18.3 Å². The van der Waals surface area contributed by atoms with Crippen LogP contribution in [0.2, 0.25) is 0 Å². The molecule has 0 saturated heterocycles. The van der Waals surface area contributed by atoms with Crippen LogP contribution < -0.4 is 15.4 Å². The van der Waals surface area contributed by atoms with Gasteiger partial charge in [-0.05, 0) is 43.7 Å². The highest BCUT2D eigenvalue weighted by atomic mass is 19.3. The molecule has 2 aromatic carbocycles. The highest BCUT2D eigenvalue weighted by Crippen LogP contribution is 2.20. The fraction of sp³-hybridized carbons (Fsp3) is 0.235. The first-order valence-corrected chi connectivity index (χ1v) is 7.13. The summed E-state index contributed by atoms with van der Waals surface area (Å²) in [4.78, 5) is 12.0. The van der Waals surface area contributed by atoms with E-state index in [1.807, 2.05) is 19.1 Å². The average molecular weight is 320 g/mol. The van der Waals surface area contributed by atoms with Crippen molar-refractivity contribution in [1.82, 2.24) is 5.32 Å². The maximum Gasteiger partial charge on any atom is 0.387 e. The maximum atomic E-state index is 12.2. The number of hydrogen-bond acceptors (Lipinski definition) is 2. The van der Waals surface area contributed by atoms with Gasteiger partial charge in [0.2, 0.25) is 0 Å². The summed E-state index contributed by atoms with van der Waals surface area (Å²) in [5.74, 6) is 0.0603. The minimum absolute atomic E-state index is 0.0603. The second-order valence-electron chi connectivity index (χ2n) is 5.14. The van der Waals surface area contributed by atoms with Crippen molar-refractivity contribution in [1.29, 1.82) is 0 Å². The summed E-state index contributed by atoms with van der Waals surface area (Å²) in [6.07, 6.45) is 0. The first kappa shape index (κ1) is 16.7. The molecule has 6 heteroatoms. The van der Waals surface area contributed by atoms with Crippen LogP contribution >= 0.6 is 0 Å². The van der Waals surface area contributed by atoms with Gasteiger partial charge in [-0.1, -0.05) is 29.8 Å². The lowest BCUT2D eigenvalue weighted by atomic mass is 10.1. The van der Waals surface area contributed by atoms with Gasteiger partial charge in [-0.3, -0.25) is 0 Å². The highest BCUT2D eigenvalue weighted by molar-refractivity contribution is 5.89. The molecule has 2 aromatic rings. The lowest BCUT2D eigenvalue weighted by Gasteiger charge is -2.16. The summed E-state index contributed by atoms with van der Waals surface area (Å²) >= 11 is 0. The average Bonchev–Trinajstić information content (AvgIpc) is 2.49. The Labute approximate surface area is 133 Å². The summed E-state index contributed by atoms with van der Waals surface area (Å²) in [6.45, 7) is 0.842. The van der Waals surface area contributed by atoms with Gasteiger partial charge in [-0.2, -0.15) is 8.78 Å². The fourth-order valence-electron chi connectivity index (χ4n) is 2.04. The molecular weight excluding hydrogens is 302 g/mol. The zero-order chi connectivity index (χ0) is 16.8. The van der Waals surface area contributed by atoms with Crippen LogP contribution in [0.25, 0.3) is 0 Å². The molecule has 2 amide bonds. The van der Waals surface area contributed by atoms with E-state index < -0.39 is 6.61 Å². The molecule has 0 aliphatic carbocycles. The van der Waals surface area contributed by atoms with Crippen LogP contribution in [0.5, 0.6) is 5.75 Å². The smallest absolute Gasteiger partial charge is 0.387 e. The zero-order valence-corrected chi connectivity index (χ0v) is 12.8. The lowest BCUT2D eigenvalue weighted by molar-refractivity contribution is -0.0499. The third-order valence-electron chi connectivity index (χ3n) is 3.24. The number of halogens is 2. The van der Waals surface area contributed by atoms with Crippen molar-refractivity contribution in [3.63, 3.8) is 0 Å². The molecular formula is C17H18F2N2O2. The van der Waals surface area contributed by atoms with Gasteiger partial charge in [0.1, 0.15) is 5.75 Å². The van der Waals surface area contributed by atoms with E-state index in [0.29, 0.717) is 11.3 Å². The molecule has 0 heterocycles. The number of nitrogens with one attached hydrogen (secondary N) is 2. The lowest BCUT2D eigenvalue weighted by Crippen LogP contribution is -2.31. The minimum Gasteiger partial charge on any atom is -0.435 e. The second kappa shape index (κ2) is 7.58. The molecule has 0 aromatic heterocycles. The van der Waals surface area contributed by atoms with Crippen LogP contribution in [0.15, 0.2) is 48.5 Å². The number of benzene rings is 2.